The standard InChI is InChI=1S/C16H21N3O6S/c1-11(16(22)23)17-15(21)13-3-5-14(6-4-13)26(24,25)19-9-7-18(8-10-19)12(2)20/h3-6,11H,7-10H2,1-2H3,(H,17,21)(H,22,23)/t11-/m1/s1. The van der Waals surface area contributed by atoms with Crippen LogP contribution in [0, 0.1) is 0 Å². The van der Waals surface area contributed by atoms with E-state index >= 15 is 0 Å². The van der Waals surface area contributed by atoms with Crippen LogP contribution < -0.4 is 5.32 Å². The number of nitrogens with one attached hydrogen (secondary N) is 1. The number of piperazine rings is 1. The van der Waals surface area contributed by atoms with E-state index in [-0.39, 0.29) is 29.5 Å². The van der Waals surface area contributed by atoms with Crippen LogP contribution in [0.4, 0.5) is 0 Å². The molecule has 9 nitrogen and oxygen atoms in total. The summed E-state index contributed by atoms with van der Waals surface area (Å²) >= 11 is 0. The first-order chi connectivity index (χ1) is 12.1. The summed E-state index contributed by atoms with van der Waals surface area (Å²) in [6.07, 6.45) is 0. The number of rotatable bonds is 5. The third-order valence-corrected chi connectivity index (χ3v) is 6.07. The van der Waals surface area contributed by atoms with Crippen molar-refractivity contribution in [3.05, 3.63) is 29.8 Å². The number of hydrogen-bond acceptors (Lipinski definition) is 5. The first-order valence-corrected chi connectivity index (χ1v) is 9.46. The Morgan fingerprint density at radius 1 is 1.08 bits per heavy atom. The minimum absolute atomic E-state index is 0.0385. The van der Waals surface area contributed by atoms with E-state index in [9.17, 15) is 22.8 Å². The minimum atomic E-state index is -3.72. The van der Waals surface area contributed by atoms with Gasteiger partial charge in [-0.3, -0.25) is 14.4 Å². The molecular weight excluding hydrogens is 362 g/mol. The third-order valence-electron chi connectivity index (χ3n) is 4.16. The summed E-state index contributed by atoms with van der Waals surface area (Å²) in [6.45, 7) is 3.86. The molecule has 1 aromatic carbocycles. The zero-order valence-electron chi connectivity index (χ0n) is 14.5. The number of hydrogen-bond donors (Lipinski definition) is 2. The number of carboxylic acids is 1. The zero-order valence-corrected chi connectivity index (χ0v) is 15.3. The number of carboxylic acid groups (broad SMARTS) is 1. The lowest BCUT2D eigenvalue weighted by Crippen LogP contribution is -2.49. The fraction of sp³-hybridized carbons (Fsp3) is 0.438. The Morgan fingerprint density at radius 2 is 1.62 bits per heavy atom. The molecule has 0 aromatic heterocycles. The lowest BCUT2D eigenvalue weighted by Gasteiger charge is -2.33. The highest BCUT2D eigenvalue weighted by molar-refractivity contribution is 7.89. The van der Waals surface area contributed by atoms with E-state index < -0.39 is 27.9 Å². The Bertz CT molecular complexity index is 798. The molecule has 1 saturated heterocycles. The molecule has 1 aliphatic heterocycles. The van der Waals surface area contributed by atoms with Gasteiger partial charge < -0.3 is 15.3 Å². The van der Waals surface area contributed by atoms with Crippen LogP contribution in [-0.2, 0) is 19.6 Å². The second kappa shape index (κ2) is 7.83. The Balaban J connectivity index is 2.08. The summed E-state index contributed by atoms with van der Waals surface area (Å²) in [7, 11) is -3.72. The van der Waals surface area contributed by atoms with E-state index in [1.165, 1.54) is 42.4 Å². The van der Waals surface area contributed by atoms with Crippen molar-refractivity contribution in [3.8, 4) is 0 Å². The van der Waals surface area contributed by atoms with Gasteiger partial charge in [-0.05, 0) is 31.2 Å². The van der Waals surface area contributed by atoms with Crippen LogP contribution in [0.2, 0.25) is 0 Å². The predicted octanol–water partition coefficient (Wildman–Crippen LogP) is -0.258. The molecule has 0 saturated carbocycles. The molecule has 2 rings (SSSR count). The van der Waals surface area contributed by atoms with Crippen LogP contribution >= 0.6 is 0 Å². The minimum Gasteiger partial charge on any atom is -0.480 e. The molecule has 1 atom stereocenters. The number of carbonyl (C=O) groups excluding carboxylic acids is 2. The third kappa shape index (κ3) is 4.38. The first kappa shape index (κ1) is 19.9. The number of aliphatic carboxylic acids is 1. The number of nitrogens with zero attached hydrogens (tertiary/aromatic N) is 2. The lowest BCUT2D eigenvalue weighted by atomic mass is 10.2. The molecule has 1 aromatic rings. The summed E-state index contributed by atoms with van der Waals surface area (Å²) in [6, 6.07) is 4.24. The summed E-state index contributed by atoms with van der Waals surface area (Å²) in [5.41, 5.74) is 0.165. The van der Waals surface area contributed by atoms with Gasteiger partial charge >= 0.3 is 5.97 Å². The van der Waals surface area contributed by atoms with Gasteiger partial charge in [-0.15, -0.1) is 0 Å². The number of sulfonamides is 1. The lowest BCUT2D eigenvalue weighted by molar-refractivity contribution is -0.138. The van der Waals surface area contributed by atoms with Crippen molar-refractivity contribution in [2.24, 2.45) is 0 Å². The monoisotopic (exact) mass is 383 g/mol. The van der Waals surface area contributed by atoms with Crippen LogP contribution in [0.15, 0.2) is 29.2 Å². The molecule has 26 heavy (non-hydrogen) atoms. The second-order valence-corrected chi connectivity index (χ2v) is 7.91. The molecule has 0 unspecified atom stereocenters. The molecule has 0 radical (unpaired) electrons. The second-order valence-electron chi connectivity index (χ2n) is 5.97. The average molecular weight is 383 g/mol. The summed E-state index contributed by atoms with van der Waals surface area (Å²) < 4.78 is 26.6. The van der Waals surface area contributed by atoms with Gasteiger partial charge in [0, 0.05) is 38.7 Å². The van der Waals surface area contributed by atoms with Gasteiger partial charge in [-0.2, -0.15) is 4.31 Å². The van der Waals surface area contributed by atoms with Gasteiger partial charge in [-0.25, -0.2) is 8.42 Å². The molecule has 2 amide bonds. The molecule has 1 aliphatic rings. The number of amides is 2. The maximum atomic E-state index is 12.7. The molecule has 0 spiro atoms. The highest BCUT2D eigenvalue weighted by atomic mass is 32.2. The van der Waals surface area contributed by atoms with Crippen LogP contribution in [0.5, 0.6) is 0 Å². The van der Waals surface area contributed by atoms with Crippen molar-refractivity contribution in [2.75, 3.05) is 26.2 Å². The van der Waals surface area contributed by atoms with E-state index in [0.717, 1.165) is 0 Å². The van der Waals surface area contributed by atoms with E-state index in [1.54, 1.807) is 4.90 Å². The van der Waals surface area contributed by atoms with Crippen molar-refractivity contribution in [2.45, 2.75) is 24.8 Å². The normalized spacial score (nSPS) is 16.8. The smallest absolute Gasteiger partial charge is 0.325 e. The summed E-state index contributed by atoms with van der Waals surface area (Å²) in [5.74, 6) is -1.85. The zero-order chi connectivity index (χ0) is 19.5. The summed E-state index contributed by atoms with van der Waals surface area (Å²) in [4.78, 5) is 35.7. The Labute approximate surface area is 151 Å². The number of benzene rings is 1. The molecule has 2 N–H and O–H groups in total. The van der Waals surface area contributed by atoms with Crippen LogP contribution in [0.25, 0.3) is 0 Å². The molecule has 10 heteroatoms. The predicted molar refractivity (Wildman–Crippen MR) is 92.0 cm³/mol. The van der Waals surface area contributed by atoms with Crippen molar-refractivity contribution in [1.82, 2.24) is 14.5 Å². The Morgan fingerprint density at radius 3 is 2.08 bits per heavy atom. The maximum Gasteiger partial charge on any atom is 0.325 e. The SMILES string of the molecule is CC(=O)N1CCN(S(=O)(=O)c2ccc(C(=O)N[C@H](C)C(=O)O)cc2)CC1. The van der Waals surface area contributed by atoms with Gasteiger partial charge in [0.2, 0.25) is 15.9 Å². The molecule has 1 heterocycles. The van der Waals surface area contributed by atoms with Gasteiger partial charge in [0.25, 0.3) is 5.91 Å². The first-order valence-electron chi connectivity index (χ1n) is 8.02. The largest absolute Gasteiger partial charge is 0.480 e. The molecule has 1 fully saturated rings. The van der Waals surface area contributed by atoms with Crippen LogP contribution in [0.3, 0.4) is 0 Å². The molecular formula is C16H21N3O6S. The van der Waals surface area contributed by atoms with Crippen molar-refractivity contribution < 1.29 is 27.9 Å². The van der Waals surface area contributed by atoms with E-state index in [2.05, 4.69) is 5.32 Å². The highest BCUT2D eigenvalue weighted by Crippen LogP contribution is 2.18. The fourth-order valence-corrected chi connectivity index (χ4v) is 3.93. The van der Waals surface area contributed by atoms with Crippen LogP contribution in [-0.4, -0.2) is 72.7 Å². The van der Waals surface area contributed by atoms with Gasteiger partial charge in [0.1, 0.15) is 6.04 Å². The van der Waals surface area contributed by atoms with Gasteiger partial charge in [0.15, 0.2) is 0 Å². The summed E-state index contributed by atoms with van der Waals surface area (Å²) in [5, 5.41) is 11.1. The van der Waals surface area contributed by atoms with E-state index in [1.807, 2.05) is 0 Å². The fourth-order valence-electron chi connectivity index (χ4n) is 2.51. The quantitative estimate of drug-likeness (QED) is 0.722. The molecule has 0 aliphatic carbocycles. The van der Waals surface area contributed by atoms with E-state index in [4.69, 9.17) is 5.11 Å². The van der Waals surface area contributed by atoms with Crippen molar-refractivity contribution >= 4 is 27.8 Å². The average Bonchev–Trinajstić information content (AvgIpc) is 2.61. The van der Waals surface area contributed by atoms with Gasteiger partial charge in [0.05, 0.1) is 4.90 Å². The molecule has 0 bridgehead atoms. The highest BCUT2D eigenvalue weighted by Gasteiger charge is 2.29. The topological polar surface area (TPSA) is 124 Å². The Hall–Kier alpha value is -2.46. The van der Waals surface area contributed by atoms with Crippen LogP contribution in [0.1, 0.15) is 24.2 Å². The van der Waals surface area contributed by atoms with E-state index in [0.29, 0.717) is 13.1 Å². The van der Waals surface area contributed by atoms with Gasteiger partial charge in [-0.1, -0.05) is 0 Å². The Kier molecular flexibility index (Phi) is 5.98. The van der Waals surface area contributed by atoms with Crippen molar-refractivity contribution in [3.63, 3.8) is 0 Å². The molecule has 142 valence electrons. The maximum absolute atomic E-state index is 12.7. The number of carbonyl (C=O) groups is 3. The van der Waals surface area contributed by atoms with Crippen molar-refractivity contribution in [1.29, 1.82) is 0 Å².